The molecule has 4 heteroatoms. The van der Waals surface area contributed by atoms with Crippen molar-refractivity contribution < 1.29 is 9.53 Å². The summed E-state index contributed by atoms with van der Waals surface area (Å²) in [4.78, 5) is 15.2. The Balaban J connectivity index is 2.01. The number of ether oxygens (including phenoxy) is 1. The van der Waals surface area contributed by atoms with Crippen molar-refractivity contribution in [2.24, 2.45) is 0 Å². The van der Waals surface area contributed by atoms with Gasteiger partial charge in [-0.1, -0.05) is 60.1 Å². The normalized spacial score (nSPS) is 15.8. The maximum absolute atomic E-state index is 13.1. The minimum absolute atomic E-state index is 0.246. The van der Waals surface area contributed by atoms with Crippen LogP contribution in [0.25, 0.3) is 0 Å². The van der Waals surface area contributed by atoms with Crippen LogP contribution >= 0.6 is 11.6 Å². The van der Waals surface area contributed by atoms with E-state index in [-0.39, 0.29) is 11.9 Å². The number of hydrogen-bond donors (Lipinski definition) is 0. The zero-order valence-electron chi connectivity index (χ0n) is 16.4. The Morgan fingerprint density at radius 2 is 1.66 bits per heavy atom. The third kappa shape index (κ3) is 3.54. The lowest BCUT2D eigenvalue weighted by molar-refractivity contribution is -0.138. The number of anilines is 2. The van der Waals surface area contributed by atoms with Crippen molar-refractivity contribution in [3.8, 4) is 0 Å². The number of hydrogen-bond acceptors (Lipinski definition) is 3. The van der Waals surface area contributed by atoms with Crippen LogP contribution in [0.4, 0.5) is 11.4 Å². The van der Waals surface area contributed by atoms with E-state index in [1.54, 1.807) is 0 Å². The van der Waals surface area contributed by atoms with Gasteiger partial charge in [-0.25, -0.2) is 4.79 Å². The van der Waals surface area contributed by atoms with Crippen molar-refractivity contribution >= 4 is 28.9 Å². The van der Waals surface area contributed by atoms with Crippen LogP contribution in [-0.2, 0) is 9.53 Å². The Morgan fingerprint density at radius 3 is 2.31 bits per heavy atom. The van der Waals surface area contributed by atoms with Gasteiger partial charge in [-0.05, 0) is 55.3 Å². The Morgan fingerprint density at radius 1 is 1.00 bits per heavy atom. The van der Waals surface area contributed by atoms with Gasteiger partial charge in [0, 0.05) is 22.3 Å². The van der Waals surface area contributed by atoms with Crippen molar-refractivity contribution in [2.75, 3.05) is 11.5 Å². The second kappa shape index (κ2) is 8.14. The van der Waals surface area contributed by atoms with E-state index in [4.69, 9.17) is 16.3 Å². The molecule has 1 unspecified atom stereocenters. The molecule has 0 amide bonds. The van der Waals surface area contributed by atoms with E-state index in [1.807, 2.05) is 92.7 Å². The van der Waals surface area contributed by atoms with Crippen molar-refractivity contribution in [3.63, 3.8) is 0 Å². The molecule has 29 heavy (non-hydrogen) atoms. The minimum atomic E-state index is -0.301. The summed E-state index contributed by atoms with van der Waals surface area (Å²) in [6.45, 7) is 4.13. The summed E-state index contributed by atoms with van der Waals surface area (Å²) in [6.07, 6.45) is 0. The Labute approximate surface area is 176 Å². The van der Waals surface area contributed by atoms with Crippen LogP contribution in [0.3, 0.4) is 0 Å². The number of allylic oxidation sites excluding steroid dienone is 1. The van der Waals surface area contributed by atoms with Crippen LogP contribution in [0.5, 0.6) is 0 Å². The lowest BCUT2D eigenvalue weighted by Crippen LogP contribution is -2.30. The van der Waals surface area contributed by atoms with Crippen LogP contribution in [-0.4, -0.2) is 12.6 Å². The fourth-order valence-corrected chi connectivity index (χ4v) is 4.18. The van der Waals surface area contributed by atoms with E-state index in [1.165, 1.54) is 0 Å². The topological polar surface area (TPSA) is 29.5 Å². The number of rotatable bonds is 4. The maximum atomic E-state index is 13.1. The molecule has 0 saturated heterocycles. The Hall–Kier alpha value is -3.04. The van der Waals surface area contributed by atoms with Gasteiger partial charge in [0.1, 0.15) is 0 Å². The van der Waals surface area contributed by atoms with Gasteiger partial charge in [0.05, 0.1) is 17.9 Å². The first-order chi connectivity index (χ1) is 14.1. The van der Waals surface area contributed by atoms with Gasteiger partial charge < -0.3 is 9.64 Å². The molecule has 4 rings (SSSR count). The standard InChI is InChI=1S/C25H22ClNO2/c1-3-29-25(28)23-17(2)27(20-12-8-5-9-13-20)22-15-14-19(26)16-21(22)24(23)18-10-6-4-7-11-18/h4-16,24H,3H2,1-2H3. The summed E-state index contributed by atoms with van der Waals surface area (Å²) in [5.41, 5.74) is 5.52. The molecule has 0 radical (unpaired) electrons. The summed E-state index contributed by atoms with van der Waals surface area (Å²) >= 11 is 6.40. The molecule has 0 N–H and O–H groups in total. The molecule has 146 valence electrons. The van der Waals surface area contributed by atoms with Crippen molar-refractivity contribution in [2.45, 2.75) is 19.8 Å². The molecule has 1 atom stereocenters. The largest absolute Gasteiger partial charge is 0.463 e. The van der Waals surface area contributed by atoms with Crippen LogP contribution in [0, 0.1) is 0 Å². The predicted octanol–water partition coefficient (Wildman–Crippen LogP) is 6.46. The molecule has 0 fully saturated rings. The molecular formula is C25H22ClNO2. The summed E-state index contributed by atoms with van der Waals surface area (Å²) in [7, 11) is 0. The van der Waals surface area contributed by atoms with E-state index in [0.717, 1.165) is 28.2 Å². The molecule has 0 aliphatic carbocycles. The SMILES string of the molecule is CCOC(=O)C1=C(C)N(c2ccccc2)c2ccc(Cl)cc2C1c1ccccc1. The highest BCUT2D eigenvalue weighted by molar-refractivity contribution is 6.30. The monoisotopic (exact) mass is 403 g/mol. The van der Waals surface area contributed by atoms with E-state index in [0.29, 0.717) is 17.2 Å². The van der Waals surface area contributed by atoms with Crippen LogP contribution < -0.4 is 4.90 Å². The van der Waals surface area contributed by atoms with E-state index >= 15 is 0 Å². The Kier molecular flexibility index (Phi) is 5.41. The quantitative estimate of drug-likeness (QED) is 0.468. The number of para-hydroxylation sites is 1. The van der Waals surface area contributed by atoms with Crippen molar-refractivity contribution in [3.05, 3.63) is 106 Å². The van der Waals surface area contributed by atoms with E-state index in [9.17, 15) is 4.79 Å². The van der Waals surface area contributed by atoms with E-state index < -0.39 is 0 Å². The highest BCUT2D eigenvalue weighted by Gasteiger charge is 2.37. The van der Waals surface area contributed by atoms with Gasteiger partial charge in [-0.3, -0.25) is 0 Å². The van der Waals surface area contributed by atoms with Gasteiger partial charge in [0.15, 0.2) is 0 Å². The number of fused-ring (bicyclic) bond motifs is 1. The third-order valence-corrected chi connectivity index (χ3v) is 5.43. The molecule has 3 aromatic rings. The lowest BCUT2D eigenvalue weighted by atomic mass is 9.80. The lowest BCUT2D eigenvalue weighted by Gasteiger charge is -2.38. The zero-order valence-corrected chi connectivity index (χ0v) is 17.2. The molecule has 3 nitrogen and oxygen atoms in total. The summed E-state index contributed by atoms with van der Waals surface area (Å²) < 4.78 is 5.48. The van der Waals surface area contributed by atoms with Crippen LogP contribution in [0.15, 0.2) is 90.1 Å². The number of halogens is 1. The first-order valence-corrected chi connectivity index (χ1v) is 10.1. The first-order valence-electron chi connectivity index (χ1n) is 9.69. The van der Waals surface area contributed by atoms with Crippen molar-refractivity contribution in [1.29, 1.82) is 0 Å². The zero-order chi connectivity index (χ0) is 20.4. The average molecular weight is 404 g/mol. The fourth-order valence-electron chi connectivity index (χ4n) is 4.00. The summed E-state index contributed by atoms with van der Waals surface area (Å²) in [5, 5.41) is 0.639. The fraction of sp³-hybridized carbons (Fsp3) is 0.160. The number of carbonyl (C=O) groups excluding carboxylic acids is 1. The van der Waals surface area contributed by atoms with Gasteiger partial charge in [0.25, 0.3) is 0 Å². The molecule has 3 aromatic carbocycles. The molecule has 1 aliphatic rings. The van der Waals surface area contributed by atoms with Crippen LogP contribution in [0.1, 0.15) is 30.9 Å². The molecule has 1 aliphatic heterocycles. The van der Waals surface area contributed by atoms with Crippen molar-refractivity contribution in [1.82, 2.24) is 0 Å². The second-order valence-electron chi connectivity index (χ2n) is 6.94. The first kappa shape index (κ1) is 19.3. The van der Waals surface area contributed by atoms with Crippen LogP contribution in [0.2, 0.25) is 5.02 Å². The average Bonchev–Trinajstić information content (AvgIpc) is 2.74. The summed E-state index contributed by atoms with van der Waals surface area (Å²) in [6, 6.07) is 25.9. The third-order valence-electron chi connectivity index (χ3n) is 5.20. The van der Waals surface area contributed by atoms with Gasteiger partial charge in [-0.2, -0.15) is 0 Å². The Bertz CT molecular complexity index is 1060. The summed E-state index contributed by atoms with van der Waals surface area (Å²) in [5.74, 6) is -0.547. The highest BCUT2D eigenvalue weighted by atomic mass is 35.5. The molecule has 1 heterocycles. The van der Waals surface area contributed by atoms with Gasteiger partial charge in [-0.15, -0.1) is 0 Å². The van der Waals surface area contributed by atoms with Gasteiger partial charge >= 0.3 is 5.97 Å². The van der Waals surface area contributed by atoms with Gasteiger partial charge in [0.2, 0.25) is 0 Å². The minimum Gasteiger partial charge on any atom is -0.463 e. The molecule has 0 spiro atoms. The smallest absolute Gasteiger partial charge is 0.336 e. The molecule has 0 aromatic heterocycles. The second-order valence-corrected chi connectivity index (χ2v) is 7.37. The number of esters is 1. The number of carbonyl (C=O) groups is 1. The highest BCUT2D eigenvalue weighted by Crippen LogP contribution is 2.48. The predicted molar refractivity (Wildman–Crippen MR) is 118 cm³/mol. The molecular weight excluding hydrogens is 382 g/mol. The molecule has 0 saturated carbocycles. The molecule has 0 bridgehead atoms. The number of benzene rings is 3. The van der Waals surface area contributed by atoms with E-state index in [2.05, 4.69) is 4.90 Å². The maximum Gasteiger partial charge on any atom is 0.336 e. The number of nitrogens with zero attached hydrogens (tertiary/aromatic N) is 1.